The monoisotopic (exact) mass is 271 g/mol. The Bertz CT molecular complexity index is 559. The van der Waals surface area contributed by atoms with Gasteiger partial charge in [0.1, 0.15) is 12.5 Å². The zero-order valence-corrected chi connectivity index (χ0v) is 10.8. The van der Waals surface area contributed by atoms with Gasteiger partial charge in [-0.3, -0.25) is 9.17 Å². The Morgan fingerprint density at radius 1 is 1.33 bits per heavy atom. The molecule has 0 amide bonds. The van der Waals surface area contributed by atoms with Crippen LogP contribution in [0.5, 0.6) is 0 Å². The molecular formula is C11H13NO5S. The van der Waals surface area contributed by atoms with Crippen LogP contribution in [0, 0.1) is 0 Å². The molecule has 1 aromatic heterocycles. The highest BCUT2D eigenvalue weighted by atomic mass is 32.2. The first kappa shape index (κ1) is 12.8. The van der Waals surface area contributed by atoms with E-state index in [1.807, 2.05) is 0 Å². The third kappa shape index (κ3) is 2.99. The minimum atomic E-state index is -3.47. The summed E-state index contributed by atoms with van der Waals surface area (Å²) in [6.07, 6.45) is 7.01. The van der Waals surface area contributed by atoms with E-state index in [1.165, 1.54) is 18.7 Å². The molecule has 0 radical (unpaired) electrons. The maximum absolute atomic E-state index is 10.9. The van der Waals surface area contributed by atoms with Crippen LogP contribution in [0.1, 0.15) is 18.1 Å². The van der Waals surface area contributed by atoms with Gasteiger partial charge in [-0.05, 0) is 11.6 Å². The highest BCUT2D eigenvalue weighted by Gasteiger charge is 2.32. The fourth-order valence-corrected chi connectivity index (χ4v) is 1.82. The number of ether oxygens (including phenoxy) is 2. The SMILES string of the molecule is CC1(c2cncc(COS(C)(=O)=O)c2)OC=CO1. The number of hydrogen-bond donors (Lipinski definition) is 0. The Balaban J connectivity index is 2.15. The van der Waals surface area contributed by atoms with Gasteiger partial charge in [0, 0.05) is 19.3 Å². The maximum atomic E-state index is 10.9. The summed E-state index contributed by atoms with van der Waals surface area (Å²) in [5.74, 6) is -0.923. The van der Waals surface area contributed by atoms with E-state index < -0.39 is 15.9 Å². The van der Waals surface area contributed by atoms with Gasteiger partial charge >= 0.3 is 0 Å². The molecule has 6 nitrogen and oxygen atoms in total. The zero-order chi connectivity index (χ0) is 13.2. The molecule has 1 aromatic rings. The Labute approximate surface area is 105 Å². The molecule has 0 fully saturated rings. The molecular weight excluding hydrogens is 258 g/mol. The molecule has 0 N–H and O–H groups in total. The fraction of sp³-hybridized carbons (Fsp3) is 0.364. The summed E-state index contributed by atoms with van der Waals surface area (Å²) < 4.78 is 37.2. The van der Waals surface area contributed by atoms with Gasteiger partial charge in [-0.2, -0.15) is 8.42 Å². The van der Waals surface area contributed by atoms with E-state index in [0.717, 1.165) is 6.26 Å². The summed E-state index contributed by atoms with van der Waals surface area (Å²) in [5.41, 5.74) is 1.31. The first-order chi connectivity index (χ1) is 8.39. The highest BCUT2D eigenvalue weighted by molar-refractivity contribution is 7.85. The highest BCUT2D eigenvalue weighted by Crippen LogP contribution is 2.31. The van der Waals surface area contributed by atoms with Crippen LogP contribution in [0.15, 0.2) is 31.0 Å². The van der Waals surface area contributed by atoms with Gasteiger partial charge in [0.05, 0.1) is 18.4 Å². The van der Waals surface area contributed by atoms with Crippen molar-refractivity contribution in [1.82, 2.24) is 4.98 Å². The number of aromatic nitrogens is 1. The summed E-state index contributed by atoms with van der Waals surface area (Å²) in [5, 5.41) is 0. The molecule has 1 aliphatic rings. The molecule has 0 atom stereocenters. The molecule has 0 bridgehead atoms. The lowest BCUT2D eigenvalue weighted by Gasteiger charge is -2.23. The van der Waals surface area contributed by atoms with E-state index in [4.69, 9.17) is 13.7 Å². The van der Waals surface area contributed by atoms with Crippen LogP contribution in [0.4, 0.5) is 0 Å². The van der Waals surface area contributed by atoms with Gasteiger partial charge in [-0.1, -0.05) is 0 Å². The zero-order valence-electron chi connectivity index (χ0n) is 9.99. The van der Waals surface area contributed by atoms with Crippen molar-refractivity contribution in [1.29, 1.82) is 0 Å². The van der Waals surface area contributed by atoms with Crippen LogP contribution in [0.25, 0.3) is 0 Å². The van der Waals surface area contributed by atoms with Crippen molar-refractivity contribution in [2.75, 3.05) is 6.26 Å². The van der Waals surface area contributed by atoms with Gasteiger partial charge < -0.3 is 9.47 Å². The van der Waals surface area contributed by atoms with Gasteiger partial charge in [0.25, 0.3) is 15.9 Å². The van der Waals surface area contributed by atoms with Crippen LogP contribution in [0.2, 0.25) is 0 Å². The van der Waals surface area contributed by atoms with Crippen molar-refractivity contribution in [3.05, 3.63) is 42.1 Å². The van der Waals surface area contributed by atoms with Crippen molar-refractivity contribution in [2.45, 2.75) is 19.3 Å². The molecule has 1 aliphatic heterocycles. The topological polar surface area (TPSA) is 74.7 Å². The largest absolute Gasteiger partial charge is 0.453 e. The first-order valence-electron chi connectivity index (χ1n) is 5.18. The third-order valence-electron chi connectivity index (χ3n) is 2.40. The van der Waals surface area contributed by atoms with Gasteiger partial charge in [-0.25, -0.2) is 0 Å². The normalized spacial score (nSPS) is 17.2. The first-order valence-corrected chi connectivity index (χ1v) is 7.00. The van der Waals surface area contributed by atoms with Crippen LogP contribution in [-0.2, 0) is 36.2 Å². The van der Waals surface area contributed by atoms with Gasteiger partial charge in [-0.15, -0.1) is 0 Å². The van der Waals surface area contributed by atoms with E-state index in [1.54, 1.807) is 19.2 Å². The Hall–Kier alpha value is -1.60. The number of pyridine rings is 1. The maximum Gasteiger partial charge on any atom is 0.275 e. The van der Waals surface area contributed by atoms with Crippen molar-refractivity contribution >= 4 is 10.1 Å². The second-order valence-corrected chi connectivity index (χ2v) is 5.65. The van der Waals surface area contributed by atoms with Gasteiger partial charge in [0.15, 0.2) is 0 Å². The molecule has 0 aliphatic carbocycles. The molecule has 7 heteroatoms. The fourth-order valence-electron chi connectivity index (χ4n) is 1.47. The summed E-state index contributed by atoms with van der Waals surface area (Å²) in [6.45, 7) is 1.67. The third-order valence-corrected chi connectivity index (χ3v) is 2.95. The summed E-state index contributed by atoms with van der Waals surface area (Å²) in [6, 6.07) is 1.73. The molecule has 0 saturated carbocycles. The summed E-state index contributed by atoms with van der Waals surface area (Å²) in [4.78, 5) is 4.01. The van der Waals surface area contributed by atoms with Crippen molar-refractivity contribution < 1.29 is 22.1 Å². The molecule has 0 saturated heterocycles. The van der Waals surface area contributed by atoms with Crippen molar-refractivity contribution in [3.63, 3.8) is 0 Å². The summed E-state index contributed by atoms with van der Waals surface area (Å²) in [7, 11) is -3.47. The lowest BCUT2D eigenvalue weighted by molar-refractivity contribution is -0.133. The van der Waals surface area contributed by atoms with Crippen molar-refractivity contribution in [3.8, 4) is 0 Å². The van der Waals surface area contributed by atoms with Crippen LogP contribution in [-0.4, -0.2) is 19.7 Å². The Morgan fingerprint density at radius 2 is 2.00 bits per heavy atom. The molecule has 0 unspecified atom stereocenters. The summed E-state index contributed by atoms with van der Waals surface area (Å²) >= 11 is 0. The average molecular weight is 271 g/mol. The minimum Gasteiger partial charge on any atom is -0.453 e. The number of hydrogen-bond acceptors (Lipinski definition) is 6. The average Bonchev–Trinajstić information content (AvgIpc) is 2.75. The van der Waals surface area contributed by atoms with E-state index in [-0.39, 0.29) is 6.61 Å². The molecule has 0 spiro atoms. The standard InChI is InChI=1S/C11H13NO5S/c1-11(15-3-4-16-11)10-5-9(6-12-7-10)8-17-18(2,13)14/h3-7H,8H2,1-2H3. The Kier molecular flexibility index (Phi) is 3.27. The second-order valence-electron chi connectivity index (χ2n) is 4.00. The smallest absolute Gasteiger partial charge is 0.275 e. The van der Waals surface area contributed by atoms with E-state index in [2.05, 4.69) is 4.98 Å². The predicted octanol–water partition coefficient (Wildman–Crippen LogP) is 1.25. The predicted molar refractivity (Wildman–Crippen MR) is 62.5 cm³/mol. The van der Waals surface area contributed by atoms with E-state index in [9.17, 15) is 8.42 Å². The van der Waals surface area contributed by atoms with Crippen LogP contribution in [0.3, 0.4) is 0 Å². The minimum absolute atomic E-state index is 0.0663. The second kappa shape index (κ2) is 4.58. The van der Waals surface area contributed by atoms with Crippen molar-refractivity contribution in [2.24, 2.45) is 0 Å². The molecule has 0 aromatic carbocycles. The quantitative estimate of drug-likeness (QED) is 0.767. The number of rotatable bonds is 4. The molecule has 2 rings (SSSR count). The van der Waals surface area contributed by atoms with Crippen LogP contribution < -0.4 is 0 Å². The number of nitrogens with zero attached hydrogens (tertiary/aromatic N) is 1. The van der Waals surface area contributed by atoms with Gasteiger partial charge in [0.2, 0.25) is 0 Å². The molecule has 18 heavy (non-hydrogen) atoms. The lowest BCUT2D eigenvalue weighted by atomic mass is 10.1. The molecule has 2 heterocycles. The molecule has 98 valence electrons. The van der Waals surface area contributed by atoms with Crippen LogP contribution >= 0.6 is 0 Å². The lowest BCUT2D eigenvalue weighted by Crippen LogP contribution is -2.22. The Morgan fingerprint density at radius 3 is 2.61 bits per heavy atom. The van der Waals surface area contributed by atoms with E-state index in [0.29, 0.717) is 11.1 Å². The van der Waals surface area contributed by atoms with E-state index >= 15 is 0 Å².